The smallest absolute Gasteiger partial charge is 0.303 e. The number of benzene rings is 1. The number of aryl methyl sites for hydroxylation is 1. The Labute approximate surface area is 101 Å². The van der Waals surface area contributed by atoms with E-state index in [1.807, 2.05) is 31.2 Å². The van der Waals surface area contributed by atoms with Crippen LogP contribution in [0.3, 0.4) is 0 Å². The normalized spacial score (nSPS) is 11.9. The first-order valence-corrected chi connectivity index (χ1v) is 5.52. The van der Waals surface area contributed by atoms with Gasteiger partial charge in [-0.2, -0.15) is 0 Å². The van der Waals surface area contributed by atoms with E-state index >= 15 is 0 Å². The molecule has 1 aromatic rings. The van der Waals surface area contributed by atoms with Gasteiger partial charge < -0.3 is 10.4 Å². The van der Waals surface area contributed by atoms with E-state index in [9.17, 15) is 9.59 Å². The molecule has 0 heterocycles. The molecule has 0 aliphatic heterocycles. The van der Waals surface area contributed by atoms with Crippen molar-refractivity contribution in [3.8, 4) is 0 Å². The molecule has 0 aliphatic rings. The number of carbonyl (C=O) groups excluding carboxylic acids is 1. The van der Waals surface area contributed by atoms with Gasteiger partial charge in [-0.3, -0.25) is 9.59 Å². The maximum atomic E-state index is 11.4. The maximum absolute atomic E-state index is 11.4. The fraction of sp³-hybridized carbons (Fsp3) is 0.385. The average Bonchev–Trinajstić information content (AvgIpc) is 2.28. The highest BCUT2D eigenvalue weighted by Gasteiger charge is 2.19. The van der Waals surface area contributed by atoms with E-state index in [1.54, 1.807) is 7.05 Å². The molecule has 0 spiro atoms. The summed E-state index contributed by atoms with van der Waals surface area (Å²) in [5.74, 6) is -1.30. The summed E-state index contributed by atoms with van der Waals surface area (Å²) in [7, 11) is 1.55. The molecule has 1 amide bonds. The van der Waals surface area contributed by atoms with Crippen molar-refractivity contribution in [3.05, 3.63) is 35.4 Å². The second-order valence-electron chi connectivity index (χ2n) is 4.03. The molecule has 0 saturated carbocycles. The standard InChI is InChI=1S/C13H17NO3/c1-9-5-3-4-6-11(9)10(8-13(16)17)7-12(15)14-2/h3-6,10H,7-8H2,1-2H3,(H,14,15)(H,16,17). The Hall–Kier alpha value is -1.84. The number of carboxylic acids is 1. The van der Waals surface area contributed by atoms with Crippen molar-refractivity contribution in [2.45, 2.75) is 25.7 Å². The zero-order valence-corrected chi connectivity index (χ0v) is 10.1. The van der Waals surface area contributed by atoms with Gasteiger partial charge in [-0.25, -0.2) is 0 Å². The van der Waals surface area contributed by atoms with Gasteiger partial charge in [0.25, 0.3) is 0 Å². The van der Waals surface area contributed by atoms with E-state index in [4.69, 9.17) is 5.11 Å². The summed E-state index contributed by atoms with van der Waals surface area (Å²) in [4.78, 5) is 22.2. The van der Waals surface area contributed by atoms with Crippen molar-refractivity contribution >= 4 is 11.9 Å². The summed E-state index contributed by atoms with van der Waals surface area (Å²) >= 11 is 0. The number of aliphatic carboxylic acids is 1. The molecule has 0 radical (unpaired) electrons. The average molecular weight is 235 g/mol. The van der Waals surface area contributed by atoms with E-state index in [0.717, 1.165) is 11.1 Å². The number of amides is 1. The number of hydrogen-bond donors (Lipinski definition) is 2. The third-order valence-corrected chi connectivity index (χ3v) is 2.76. The first-order chi connectivity index (χ1) is 8.04. The number of nitrogens with one attached hydrogen (secondary N) is 1. The van der Waals surface area contributed by atoms with Crippen LogP contribution in [0.4, 0.5) is 0 Å². The van der Waals surface area contributed by atoms with Crippen LogP contribution >= 0.6 is 0 Å². The van der Waals surface area contributed by atoms with Crippen LogP contribution in [0.25, 0.3) is 0 Å². The lowest BCUT2D eigenvalue weighted by atomic mass is 9.89. The van der Waals surface area contributed by atoms with Crippen LogP contribution in [-0.2, 0) is 9.59 Å². The summed E-state index contributed by atoms with van der Waals surface area (Å²) in [6.07, 6.45) is 0.173. The van der Waals surface area contributed by atoms with E-state index in [2.05, 4.69) is 5.32 Å². The molecule has 0 saturated heterocycles. The zero-order chi connectivity index (χ0) is 12.8. The molecule has 92 valence electrons. The fourth-order valence-electron chi connectivity index (χ4n) is 1.87. The van der Waals surface area contributed by atoms with Gasteiger partial charge in [-0.15, -0.1) is 0 Å². The largest absolute Gasteiger partial charge is 0.481 e. The van der Waals surface area contributed by atoms with E-state index in [0.29, 0.717) is 0 Å². The van der Waals surface area contributed by atoms with Gasteiger partial charge in [-0.1, -0.05) is 24.3 Å². The molecule has 0 aromatic heterocycles. The molecular formula is C13H17NO3. The Bertz CT molecular complexity index is 415. The first kappa shape index (κ1) is 13.2. The van der Waals surface area contributed by atoms with Crippen LogP contribution in [0.1, 0.15) is 29.9 Å². The maximum Gasteiger partial charge on any atom is 0.303 e. The molecule has 1 aromatic carbocycles. The Balaban J connectivity index is 2.93. The predicted molar refractivity (Wildman–Crippen MR) is 64.9 cm³/mol. The lowest BCUT2D eigenvalue weighted by Crippen LogP contribution is -2.22. The highest BCUT2D eigenvalue weighted by atomic mass is 16.4. The van der Waals surface area contributed by atoms with Crippen molar-refractivity contribution in [3.63, 3.8) is 0 Å². The minimum Gasteiger partial charge on any atom is -0.481 e. The number of hydrogen-bond acceptors (Lipinski definition) is 2. The summed E-state index contributed by atoms with van der Waals surface area (Å²) in [5.41, 5.74) is 1.95. The highest BCUT2D eigenvalue weighted by molar-refractivity contribution is 5.78. The van der Waals surface area contributed by atoms with Crippen LogP contribution in [0.5, 0.6) is 0 Å². The van der Waals surface area contributed by atoms with Crippen molar-refractivity contribution in [1.29, 1.82) is 0 Å². The van der Waals surface area contributed by atoms with Crippen LogP contribution in [0, 0.1) is 6.92 Å². The van der Waals surface area contributed by atoms with Gasteiger partial charge in [0.05, 0.1) is 6.42 Å². The van der Waals surface area contributed by atoms with Crippen molar-refractivity contribution in [2.24, 2.45) is 0 Å². The topological polar surface area (TPSA) is 66.4 Å². The van der Waals surface area contributed by atoms with Crippen molar-refractivity contribution in [2.75, 3.05) is 7.05 Å². The fourth-order valence-corrected chi connectivity index (χ4v) is 1.87. The monoisotopic (exact) mass is 235 g/mol. The predicted octanol–water partition coefficient (Wildman–Crippen LogP) is 1.69. The molecule has 2 N–H and O–H groups in total. The van der Waals surface area contributed by atoms with E-state index in [1.165, 1.54) is 0 Å². The van der Waals surface area contributed by atoms with Gasteiger partial charge in [0.2, 0.25) is 5.91 Å². The molecule has 4 heteroatoms. The molecule has 4 nitrogen and oxygen atoms in total. The molecule has 17 heavy (non-hydrogen) atoms. The quantitative estimate of drug-likeness (QED) is 0.816. The van der Waals surface area contributed by atoms with E-state index < -0.39 is 5.97 Å². The van der Waals surface area contributed by atoms with Crippen molar-refractivity contribution < 1.29 is 14.7 Å². The lowest BCUT2D eigenvalue weighted by Gasteiger charge is -2.16. The lowest BCUT2D eigenvalue weighted by molar-refractivity contribution is -0.137. The van der Waals surface area contributed by atoms with Crippen LogP contribution < -0.4 is 5.32 Å². The summed E-state index contributed by atoms with van der Waals surface area (Å²) in [5, 5.41) is 11.4. The molecular weight excluding hydrogens is 218 g/mol. The summed E-state index contributed by atoms with van der Waals surface area (Å²) < 4.78 is 0. The van der Waals surface area contributed by atoms with Crippen LogP contribution in [0.15, 0.2) is 24.3 Å². The number of rotatable bonds is 5. The van der Waals surface area contributed by atoms with Gasteiger partial charge in [-0.05, 0) is 18.1 Å². The minimum absolute atomic E-state index is 0.0295. The van der Waals surface area contributed by atoms with Gasteiger partial charge in [0.1, 0.15) is 0 Å². The van der Waals surface area contributed by atoms with Crippen LogP contribution in [0.2, 0.25) is 0 Å². The second-order valence-corrected chi connectivity index (χ2v) is 4.03. The van der Waals surface area contributed by atoms with Gasteiger partial charge in [0.15, 0.2) is 0 Å². The molecule has 0 bridgehead atoms. The Kier molecular flexibility index (Phi) is 4.69. The Morgan fingerprint density at radius 1 is 1.29 bits per heavy atom. The molecule has 1 rings (SSSR count). The first-order valence-electron chi connectivity index (χ1n) is 5.52. The van der Waals surface area contributed by atoms with Gasteiger partial charge >= 0.3 is 5.97 Å². The molecule has 1 unspecified atom stereocenters. The molecule has 0 aliphatic carbocycles. The SMILES string of the molecule is CNC(=O)CC(CC(=O)O)c1ccccc1C. The molecule has 1 atom stereocenters. The van der Waals surface area contributed by atoms with Crippen molar-refractivity contribution in [1.82, 2.24) is 5.32 Å². The van der Waals surface area contributed by atoms with Gasteiger partial charge in [0, 0.05) is 19.4 Å². The van der Waals surface area contributed by atoms with Crippen LogP contribution in [-0.4, -0.2) is 24.0 Å². The number of carboxylic acid groups (broad SMARTS) is 1. The Morgan fingerprint density at radius 3 is 2.47 bits per heavy atom. The third kappa shape index (κ3) is 3.90. The van der Waals surface area contributed by atoms with E-state index in [-0.39, 0.29) is 24.7 Å². The summed E-state index contributed by atoms with van der Waals surface area (Å²) in [6.45, 7) is 1.92. The number of carbonyl (C=O) groups is 2. The second kappa shape index (κ2) is 6.03. The molecule has 0 fully saturated rings. The summed E-state index contributed by atoms with van der Waals surface area (Å²) in [6, 6.07) is 7.57. The minimum atomic E-state index is -0.887. The zero-order valence-electron chi connectivity index (χ0n) is 10.1. The third-order valence-electron chi connectivity index (χ3n) is 2.76. The highest BCUT2D eigenvalue weighted by Crippen LogP contribution is 2.26. The Morgan fingerprint density at radius 2 is 1.94 bits per heavy atom.